The Balaban J connectivity index is 1.48. The molecule has 7 heteroatoms. The summed E-state index contributed by atoms with van der Waals surface area (Å²) in [6, 6.07) is 14.2. The van der Waals surface area contributed by atoms with Crippen molar-refractivity contribution in [3.63, 3.8) is 0 Å². The first-order chi connectivity index (χ1) is 16.8. The fourth-order valence-corrected chi connectivity index (χ4v) is 4.71. The molecule has 2 aliphatic rings. The maximum atomic E-state index is 13.0. The molecule has 6 nitrogen and oxygen atoms in total. The Hall–Kier alpha value is -2.93. The fourth-order valence-electron chi connectivity index (χ4n) is 4.18. The van der Waals surface area contributed by atoms with E-state index in [1.807, 2.05) is 43.3 Å². The van der Waals surface area contributed by atoms with Gasteiger partial charge in [0.1, 0.15) is 22.5 Å². The van der Waals surface area contributed by atoms with E-state index in [0.29, 0.717) is 16.8 Å². The molecular formula is C28H29BrN2O4. The SMILES string of the molecule is Cc1cc(OCc2ccccc2)c(C(C)C)cc1-c1noc(N(C(=O)C2CC2)C(=O)C2CC2)c1Br. The first-order valence-corrected chi connectivity index (χ1v) is 13.0. The third-order valence-corrected chi connectivity index (χ3v) is 7.30. The van der Waals surface area contributed by atoms with Crippen molar-refractivity contribution in [1.29, 1.82) is 0 Å². The second-order valence-electron chi connectivity index (χ2n) is 9.84. The quantitative estimate of drug-likeness (QED) is 0.296. The second-order valence-corrected chi connectivity index (χ2v) is 10.6. The molecule has 1 heterocycles. The number of amides is 2. The lowest BCUT2D eigenvalue weighted by Crippen LogP contribution is -2.39. The number of imide groups is 1. The van der Waals surface area contributed by atoms with Crippen molar-refractivity contribution >= 4 is 33.6 Å². The molecule has 0 unspecified atom stereocenters. The average molecular weight is 537 g/mol. The molecular weight excluding hydrogens is 508 g/mol. The van der Waals surface area contributed by atoms with Crippen LogP contribution in [0.5, 0.6) is 5.75 Å². The van der Waals surface area contributed by atoms with Gasteiger partial charge in [0, 0.05) is 17.4 Å². The van der Waals surface area contributed by atoms with Gasteiger partial charge in [0.25, 0.3) is 5.88 Å². The molecule has 1 aromatic heterocycles. The van der Waals surface area contributed by atoms with Gasteiger partial charge in [0.05, 0.1) is 0 Å². The Bertz CT molecular complexity index is 1240. The number of carbonyl (C=O) groups is 2. The van der Waals surface area contributed by atoms with Crippen molar-refractivity contribution < 1.29 is 18.8 Å². The van der Waals surface area contributed by atoms with Crippen molar-refractivity contribution in [2.24, 2.45) is 11.8 Å². The highest BCUT2D eigenvalue weighted by molar-refractivity contribution is 9.10. The molecule has 2 amide bonds. The summed E-state index contributed by atoms with van der Waals surface area (Å²) in [5, 5.41) is 4.31. The first-order valence-electron chi connectivity index (χ1n) is 12.2. The van der Waals surface area contributed by atoms with Gasteiger partial charge >= 0.3 is 0 Å². The molecule has 2 fully saturated rings. The number of anilines is 1. The summed E-state index contributed by atoms with van der Waals surface area (Å²) >= 11 is 3.61. The van der Waals surface area contributed by atoms with Gasteiger partial charge in [-0.15, -0.1) is 0 Å². The monoisotopic (exact) mass is 536 g/mol. The topological polar surface area (TPSA) is 72.6 Å². The minimum absolute atomic E-state index is 0.103. The highest BCUT2D eigenvalue weighted by Gasteiger charge is 2.44. The predicted octanol–water partition coefficient (Wildman–Crippen LogP) is 6.79. The minimum atomic E-state index is -0.186. The van der Waals surface area contributed by atoms with Crippen LogP contribution in [-0.4, -0.2) is 17.0 Å². The number of hydrogen-bond donors (Lipinski definition) is 0. The van der Waals surface area contributed by atoms with Crippen LogP contribution in [0.25, 0.3) is 11.3 Å². The van der Waals surface area contributed by atoms with Gasteiger partial charge < -0.3 is 9.26 Å². The van der Waals surface area contributed by atoms with Crippen molar-refractivity contribution in [3.8, 4) is 17.0 Å². The Morgan fingerprint density at radius 1 is 1.09 bits per heavy atom. The number of benzene rings is 2. The van der Waals surface area contributed by atoms with E-state index >= 15 is 0 Å². The van der Waals surface area contributed by atoms with Gasteiger partial charge in [-0.05, 0) is 83.3 Å². The lowest BCUT2D eigenvalue weighted by atomic mass is 9.95. The molecule has 0 saturated heterocycles. The number of hydrogen-bond acceptors (Lipinski definition) is 5. The standard InChI is InChI=1S/C28H29BrN2O4/c1-16(2)21-14-22(17(3)13-23(21)34-15-18-7-5-4-6-8-18)25-24(29)28(35-30-25)31(26(32)19-9-10-19)27(33)20-11-12-20/h4-8,13-14,16,19-20H,9-12,15H2,1-3H3. The van der Waals surface area contributed by atoms with Gasteiger partial charge in [-0.1, -0.05) is 49.3 Å². The highest BCUT2D eigenvalue weighted by atomic mass is 79.9. The smallest absolute Gasteiger partial charge is 0.255 e. The van der Waals surface area contributed by atoms with Crippen LogP contribution in [0.4, 0.5) is 5.88 Å². The lowest BCUT2D eigenvalue weighted by molar-refractivity contribution is -0.128. The van der Waals surface area contributed by atoms with Crippen LogP contribution >= 0.6 is 15.9 Å². The van der Waals surface area contributed by atoms with Gasteiger partial charge in [0.2, 0.25) is 11.8 Å². The normalized spacial score (nSPS) is 15.3. The zero-order chi connectivity index (χ0) is 24.7. The Labute approximate surface area is 213 Å². The van der Waals surface area contributed by atoms with Crippen LogP contribution < -0.4 is 9.64 Å². The summed E-state index contributed by atoms with van der Waals surface area (Å²) in [5.74, 6) is 0.656. The number of nitrogens with zero attached hydrogens (tertiary/aromatic N) is 2. The first kappa shape index (κ1) is 23.8. The minimum Gasteiger partial charge on any atom is -0.489 e. The third kappa shape index (κ3) is 4.92. The molecule has 0 bridgehead atoms. The molecule has 0 atom stereocenters. The van der Waals surface area contributed by atoms with E-state index in [9.17, 15) is 9.59 Å². The fraction of sp³-hybridized carbons (Fsp3) is 0.393. The van der Waals surface area contributed by atoms with E-state index < -0.39 is 0 Å². The van der Waals surface area contributed by atoms with Crippen LogP contribution in [-0.2, 0) is 16.2 Å². The van der Waals surface area contributed by atoms with Gasteiger partial charge in [-0.3, -0.25) is 9.59 Å². The molecule has 0 spiro atoms. The number of aromatic nitrogens is 1. The van der Waals surface area contributed by atoms with Crippen LogP contribution in [0.1, 0.15) is 62.1 Å². The van der Waals surface area contributed by atoms with E-state index in [2.05, 4.69) is 41.0 Å². The second kappa shape index (κ2) is 9.61. The van der Waals surface area contributed by atoms with Crippen LogP contribution in [0, 0.1) is 18.8 Å². The Morgan fingerprint density at radius 3 is 2.29 bits per heavy atom. The summed E-state index contributed by atoms with van der Waals surface area (Å²) in [6.07, 6.45) is 3.25. The largest absolute Gasteiger partial charge is 0.489 e. The summed E-state index contributed by atoms with van der Waals surface area (Å²) in [5.41, 5.74) is 4.57. The van der Waals surface area contributed by atoms with Gasteiger partial charge in [-0.2, -0.15) is 0 Å². The Kier molecular flexibility index (Phi) is 6.53. The van der Waals surface area contributed by atoms with Gasteiger partial charge in [0.15, 0.2) is 0 Å². The number of carbonyl (C=O) groups excluding carboxylic acids is 2. The molecule has 2 saturated carbocycles. The zero-order valence-corrected chi connectivity index (χ0v) is 21.8. The average Bonchev–Trinajstić information content (AvgIpc) is 3.76. The zero-order valence-electron chi connectivity index (χ0n) is 20.2. The van der Waals surface area contributed by atoms with Crippen LogP contribution in [0.15, 0.2) is 51.5 Å². The molecule has 3 aromatic rings. The molecule has 2 aromatic carbocycles. The van der Waals surface area contributed by atoms with E-state index in [0.717, 1.165) is 53.7 Å². The molecule has 0 N–H and O–H groups in total. The molecule has 182 valence electrons. The Morgan fingerprint density at radius 2 is 1.71 bits per heavy atom. The number of rotatable bonds is 8. The van der Waals surface area contributed by atoms with E-state index in [-0.39, 0.29) is 35.5 Å². The van der Waals surface area contributed by atoms with Crippen LogP contribution in [0.3, 0.4) is 0 Å². The lowest BCUT2D eigenvalue weighted by Gasteiger charge is -2.18. The maximum absolute atomic E-state index is 13.0. The summed E-state index contributed by atoms with van der Waals surface area (Å²) in [4.78, 5) is 27.2. The molecule has 35 heavy (non-hydrogen) atoms. The molecule has 0 radical (unpaired) electrons. The number of aryl methyl sites for hydroxylation is 1. The highest BCUT2D eigenvalue weighted by Crippen LogP contribution is 2.44. The van der Waals surface area contributed by atoms with Crippen LogP contribution in [0.2, 0.25) is 0 Å². The molecule has 2 aliphatic carbocycles. The van der Waals surface area contributed by atoms with E-state index in [4.69, 9.17) is 9.26 Å². The number of halogens is 1. The summed E-state index contributed by atoms with van der Waals surface area (Å²) < 4.78 is 12.4. The predicted molar refractivity (Wildman–Crippen MR) is 137 cm³/mol. The van der Waals surface area contributed by atoms with Crippen molar-refractivity contribution in [2.45, 2.75) is 59.0 Å². The van der Waals surface area contributed by atoms with Crippen molar-refractivity contribution in [3.05, 3.63) is 63.6 Å². The third-order valence-electron chi connectivity index (χ3n) is 6.59. The van der Waals surface area contributed by atoms with E-state index in [1.165, 1.54) is 4.90 Å². The van der Waals surface area contributed by atoms with E-state index in [1.54, 1.807) is 0 Å². The molecule has 5 rings (SSSR count). The van der Waals surface area contributed by atoms with Gasteiger partial charge in [-0.25, -0.2) is 4.90 Å². The summed E-state index contributed by atoms with van der Waals surface area (Å²) in [7, 11) is 0. The molecule has 0 aliphatic heterocycles. The maximum Gasteiger partial charge on any atom is 0.255 e. The van der Waals surface area contributed by atoms with Crippen molar-refractivity contribution in [1.82, 2.24) is 5.16 Å². The number of ether oxygens (including phenoxy) is 1. The summed E-state index contributed by atoms with van der Waals surface area (Å²) in [6.45, 7) is 6.73. The van der Waals surface area contributed by atoms with Crippen molar-refractivity contribution in [2.75, 3.05) is 4.90 Å².